The van der Waals surface area contributed by atoms with E-state index in [1.807, 2.05) is 45.0 Å². The van der Waals surface area contributed by atoms with Crippen molar-refractivity contribution in [2.75, 3.05) is 31.7 Å². The Morgan fingerprint density at radius 2 is 2.04 bits per heavy atom. The van der Waals surface area contributed by atoms with E-state index < -0.39 is 6.04 Å². The van der Waals surface area contributed by atoms with Crippen molar-refractivity contribution in [2.24, 2.45) is 5.41 Å². The Bertz CT molecular complexity index is 683. The summed E-state index contributed by atoms with van der Waals surface area (Å²) in [6.07, 6.45) is 0.791. The molecule has 0 N–H and O–H groups in total. The normalized spacial score (nSPS) is 22.5. The predicted octanol–water partition coefficient (Wildman–Crippen LogP) is 2.46. The molecule has 1 aromatic carbocycles. The van der Waals surface area contributed by atoms with Gasteiger partial charge in [0.25, 0.3) is 0 Å². The van der Waals surface area contributed by atoms with Gasteiger partial charge in [-0.2, -0.15) is 0 Å². The third kappa shape index (κ3) is 3.85. The standard InChI is InChI=1S/C20H28N2O4/c1-20(2,3)12-18(23)22-13-14-11-16(22)19(24)21(9-10-25-4)15-7-5-6-8-17(15)26-14/h5-8,14,16H,9-13H2,1-4H3. The molecule has 1 saturated heterocycles. The molecule has 2 bridgehead atoms. The average Bonchev–Trinajstić information content (AvgIpc) is 2.99. The van der Waals surface area contributed by atoms with Crippen molar-refractivity contribution in [1.82, 2.24) is 4.90 Å². The van der Waals surface area contributed by atoms with Gasteiger partial charge in [0.15, 0.2) is 0 Å². The molecule has 1 aromatic rings. The Morgan fingerprint density at radius 1 is 1.31 bits per heavy atom. The molecule has 6 heteroatoms. The lowest BCUT2D eigenvalue weighted by atomic mass is 9.91. The molecular formula is C20H28N2O4. The number of carbonyl (C=O) groups excluding carboxylic acids is 2. The first-order valence-corrected chi connectivity index (χ1v) is 9.15. The van der Waals surface area contributed by atoms with Crippen LogP contribution in [-0.4, -0.2) is 55.7 Å². The maximum absolute atomic E-state index is 13.3. The second-order valence-corrected chi connectivity index (χ2v) is 8.23. The van der Waals surface area contributed by atoms with Crippen molar-refractivity contribution in [1.29, 1.82) is 0 Å². The van der Waals surface area contributed by atoms with E-state index in [1.165, 1.54) is 0 Å². The Hall–Kier alpha value is -2.08. The van der Waals surface area contributed by atoms with Crippen LogP contribution in [-0.2, 0) is 14.3 Å². The minimum atomic E-state index is -0.472. The lowest BCUT2D eigenvalue weighted by Gasteiger charge is -2.32. The molecule has 2 atom stereocenters. The summed E-state index contributed by atoms with van der Waals surface area (Å²) in [5, 5.41) is 0. The molecule has 0 aliphatic carbocycles. The van der Waals surface area contributed by atoms with Gasteiger partial charge in [0, 0.05) is 26.5 Å². The number of likely N-dealkylation sites (tertiary alicyclic amines) is 1. The van der Waals surface area contributed by atoms with Crippen molar-refractivity contribution < 1.29 is 19.1 Å². The Morgan fingerprint density at radius 3 is 2.73 bits per heavy atom. The van der Waals surface area contributed by atoms with E-state index >= 15 is 0 Å². The van der Waals surface area contributed by atoms with Crippen LogP contribution in [0.1, 0.15) is 33.6 Å². The van der Waals surface area contributed by atoms with E-state index in [-0.39, 0.29) is 23.3 Å². The first kappa shape index (κ1) is 18.7. The minimum absolute atomic E-state index is 0.0135. The largest absolute Gasteiger partial charge is 0.486 e. The van der Waals surface area contributed by atoms with Crippen molar-refractivity contribution >= 4 is 17.5 Å². The molecule has 0 spiro atoms. The number of methoxy groups -OCH3 is 1. The lowest BCUT2D eigenvalue weighted by molar-refractivity contribution is -0.139. The molecule has 0 saturated carbocycles. The summed E-state index contributed by atoms with van der Waals surface area (Å²) in [7, 11) is 1.61. The summed E-state index contributed by atoms with van der Waals surface area (Å²) in [6, 6.07) is 7.08. The third-order valence-corrected chi connectivity index (χ3v) is 4.78. The summed E-state index contributed by atoms with van der Waals surface area (Å²) in [4.78, 5) is 29.6. The van der Waals surface area contributed by atoms with Gasteiger partial charge in [0.2, 0.25) is 11.8 Å². The molecule has 26 heavy (non-hydrogen) atoms. The SMILES string of the molecule is COCCN1C(=O)C2CC(CN2C(=O)CC(C)(C)C)Oc2ccccc21. The fourth-order valence-corrected chi connectivity index (χ4v) is 3.62. The highest BCUT2D eigenvalue weighted by atomic mass is 16.5. The summed E-state index contributed by atoms with van der Waals surface area (Å²) in [5.74, 6) is 0.646. The van der Waals surface area contributed by atoms with Crippen molar-refractivity contribution in [3.05, 3.63) is 24.3 Å². The predicted molar refractivity (Wildman–Crippen MR) is 99.3 cm³/mol. The van der Waals surface area contributed by atoms with Crippen LogP contribution in [0, 0.1) is 5.41 Å². The Kier molecular flexibility index (Phi) is 5.23. The molecule has 3 rings (SSSR count). The zero-order valence-electron chi connectivity index (χ0n) is 16.0. The molecule has 0 radical (unpaired) electrons. The molecule has 2 unspecified atom stereocenters. The maximum atomic E-state index is 13.3. The molecule has 2 amide bonds. The fraction of sp³-hybridized carbons (Fsp3) is 0.600. The first-order valence-electron chi connectivity index (χ1n) is 9.15. The summed E-state index contributed by atoms with van der Waals surface area (Å²) in [6.45, 7) is 7.40. The molecule has 2 aliphatic heterocycles. The Balaban J connectivity index is 1.92. The number of para-hydroxylation sites is 2. The number of carbonyl (C=O) groups is 2. The van der Waals surface area contributed by atoms with Gasteiger partial charge in [-0.1, -0.05) is 32.9 Å². The highest BCUT2D eigenvalue weighted by molar-refractivity contribution is 6.01. The van der Waals surface area contributed by atoms with E-state index in [0.717, 1.165) is 5.69 Å². The van der Waals surface area contributed by atoms with Gasteiger partial charge in [-0.3, -0.25) is 9.59 Å². The second-order valence-electron chi connectivity index (χ2n) is 8.23. The zero-order chi connectivity index (χ0) is 18.9. The molecule has 2 aliphatic rings. The van der Waals surface area contributed by atoms with Gasteiger partial charge < -0.3 is 19.3 Å². The number of anilines is 1. The molecular weight excluding hydrogens is 332 g/mol. The monoisotopic (exact) mass is 360 g/mol. The van der Waals surface area contributed by atoms with Crippen molar-refractivity contribution in [3.63, 3.8) is 0 Å². The smallest absolute Gasteiger partial charge is 0.250 e. The number of amides is 2. The quantitative estimate of drug-likeness (QED) is 0.828. The summed E-state index contributed by atoms with van der Waals surface area (Å²) >= 11 is 0. The van der Waals surface area contributed by atoms with E-state index in [4.69, 9.17) is 9.47 Å². The van der Waals surface area contributed by atoms with Crippen LogP contribution in [0.5, 0.6) is 5.75 Å². The Labute approximate surface area is 155 Å². The molecule has 6 nitrogen and oxygen atoms in total. The van der Waals surface area contributed by atoms with Crippen LogP contribution < -0.4 is 9.64 Å². The van der Waals surface area contributed by atoms with Crippen molar-refractivity contribution in [2.45, 2.75) is 45.8 Å². The van der Waals surface area contributed by atoms with Crippen molar-refractivity contribution in [3.8, 4) is 5.75 Å². The molecule has 1 fully saturated rings. The molecule has 0 aromatic heterocycles. The third-order valence-electron chi connectivity index (χ3n) is 4.78. The highest BCUT2D eigenvalue weighted by Gasteiger charge is 2.45. The number of hydrogen-bond acceptors (Lipinski definition) is 4. The number of fused-ring (bicyclic) bond motifs is 3. The molecule has 142 valence electrons. The van der Waals surface area contributed by atoms with Crippen LogP contribution in [0.25, 0.3) is 0 Å². The van der Waals surface area contributed by atoms with E-state index in [1.54, 1.807) is 16.9 Å². The highest BCUT2D eigenvalue weighted by Crippen LogP contribution is 2.36. The van der Waals surface area contributed by atoms with E-state index in [2.05, 4.69) is 0 Å². The topological polar surface area (TPSA) is 59.1 Å². The minimum Gasteiger partial charge on any atom is -0.486 e. The van der Waals surface area contributed by atoms with E-state index in [0.29, 0.717) is 38.3 Å². The maximum Gasteiger partial charge on any atom is 0.250 e. The van der Waals surface area contributed by atoms with Crippen LogP contribution in [0.2, 0.25) is 0 Å². The number of ether oxygens (including phenoxy) is 2. The van der Waals surface area contributed by atoms with Crippen LogP contribution in [0.3, 0.4) is 0 Å². The van der Waals surface area contributed by atoms with Gasteiger partial charge >= 0.3 is 0 Å². The number of benzene rings is 1. The lowest BCUT2D eigenvalue weighted by Crippen LogP contribution is -2.49. The van der Waals surface area contributed by atoms with Gasteiger partial charge in [0.05, 0.1) is 18.8 Å². The second kappa shape index (κ2) is 7.27. The fourth-order valence-electron chi connectivity index (χ4n) is 3.62. The zero-order valence-corrected chi connectivity index (χ0v) is 16.0. The van der Waals surface area contributed by atoms with E-state index in [9.17, 15) is 9.59 Å². The number of nitrogens with zero attached hydrogens (tertiary/aromatic N) is 2. The summed E-state index contributed by atoms with van der Waals surface area (Å²) < 4.78 is 11.4. The average molecular weight is 360 g/mol. The van der Waals surface area contributed by atoms with Crippen LogP contribution >= 0.6 is 0 Å². The number of rotatable bonds is 4. The van der Waals surface area contributed by atoms with Gasteiger partial charge in [-0.05, 0) is 17.5 Å². The van der Waals surface area contributed by atoms with Crippen LogP contribution in [0.4, 0.5) is 5.69 Å². The molecule has 2 heterocycles. The van der Waals surface area contributed by atoms with Gasteiger partial charge in [0.1, 0.15) is 17.9 Å². The summed E-state index contributed by atoms with van der Waals surface area (Å²) in [5.41, 5.74) is 0.622. The van der Waals surface area contributed by atoms with Gasteiger partial charge in [-0.15, -0.1) is 0 Å². The van der Waals surface area contributed by atoms with Gasteiger partial charge in [-0.25, -0.2) is 0 Å². The number of hydrogen-bond donors (Lipinski definition) is 0. The van der Waals surface area contributed by atoms with Crippen LogP contribution in [0.15, 0.2) is 24.3 Å². The first-order chi connectivity index (χ1) is 12.3.